The van der Waals surface area contributed by atoms with Gasteiger partial charge in [-0.15, -0.1) is 0 Å². The molecule has 138 valence electrons. The quantitative estimate of drug-likeness (QED) is 0.652. The summed E-state index contributed by atoms with van der Waals surface area (Å²) >= 11 is 0. The van der Waals surface area contributed by atoms with Gasteiger partial charge in [-0.1, -0.05) is 6.58 Å². The fourth-order valence-corrected chi connectivity index (χ4v) is 2.42. The zero-order valence-electron chi connectivity index (χ0n) is 14.3. The van der Waals surface area contributed by atoms with E-state index in [2.05, 4.69) is 27.3 Å². The third kappa shape index (κ3) is 3.73. The van der Waals surface area contributed by atoms with E-state index in [0.717, 1.165) is 16.7 Å². The van der Waals surface area contributed by atoms with Gasteiger partial charge in [0.15, 0.2) is 5.65 Å². The summed E-state index contributed by atoms with van der Waals surface area (Å²) in [6.07, 6.45) is 3.64. The summed E-state index contributed by atoms with van der Waals surface area (Å²) in [4.78, 5) is 40.0. The Morgan fingerprint density at radius 1 is 1.33 bits per heavy atom. The number of rotatable bonds is 5. The van der Waals surface area contributed by atoms with Crippen LogP contribution in [0.15, 0.2) is 48.2 Å². The zero-order chi connectivity index (χ0) is 19.6. The molecule has 2 amide bonds. The molecule has 1 aromatic carbocycles. The van der Waals surface area contributed by atoms with E-state index in [1.54, 1.807) is 7.05 Å². The number of carbonyl (C=O) groups excluding carboxylic acids is 2. The zero-order valence-corrected chi connectivity index (χ0v) is 14.3. The van der Waals surface area contributed by atoms with E-state index in [9.17, 15) is 18.8 Å². The number of fused-ring (bicyclic) bond motifs is 1. The molecule has 0 spiro atoms. The van der Waals surface area contributed by atoms with E-state index in [1.807, 2.05) is 0 Å². The Morgan fingerprint density at radius 2 is 2.11 bits per heavy atom. The first-order valence-electron chi connectivity index (χ1n) is 7.79. The minimum Gasteiger partial charge on any atom is -0.324 e. The van der Waals surface area contributed by atoms with Crippen LogP contribution < -0.4 is 16.2 Å². The van der Waals surface area contributed by atoms with Gasteiger partial charge in [-0.25, -0.2) is 9.37 Å². The number of carbonyl (C=O) groups is 2. The summed E-state index contributed by atoms with van der Waals surface area (Å²) in [6.45, 7) is 3.00. The van der Waals surface area contributed by atoms with Crippen molar-refractivity contribution in [1.29, 1.82) is 0 Å². The Hall–Kier alpha value is -3.82. The van der Waals surface area contributed by atoms with Gasteiger partial charge < -0.3 is 10.6 Å². The first-order valence-corrected chi connectivity index (χ1v) is 7.79. The highest BCUT2D eigenvalue weighted by atomic mass is 19.1. The standard InChI is InChI=1S/C17H15FN6O3/c1-3-14(25)22-13-6-10(4-5-12(13)18)21-15(26)8-24-9-19-16-11(17(24)27)7-20-23(16)2/h3-7,9H,1,8H2,2H3,(H,21,26)(H,22,25). The molecule has 0 unspecified atom stereocenters. The van der Waals surface area contributed by atoms with Crippen molar-refractivity contribution in [2.45, 2.75) is 6.54 Å². The Balaban J connectivity index is 1.77. The summed E-state index contributed by atoms with van der Waals surface area (Å²) in [5.41, 5.74) is 0.164. The highest BCUT2D eigenvalue weighted by Crippen LogP contribution is 2.19. The summed E-state index contributed by atoms with van der Waals surface area (Å²) in [5.74, 6) is -1.76. The molecule has 3 aromatic rings. The highest BCUT2D eigenvalue weighted by Gasteiger charge is 2.12. The van der Waals surface area contributed by atoms with Crippen LogP contribution >= 0.6 is 0 Å². The van der Waals surface area contributed by atoms with E-state index < -0.39 is 23.2 Å². The van der Waals surface area contributed by atoms with Crippen LogP contribution in [0.5, 0.6) is 0 Å². The second-order valence-electron chi connectivity index (χ2n) is 5.62. The van der Waals surface area contributed by atoms with Crippen LogP contribution in [0.4, 0.5) is 15.8 Å². The van der Waals surface area contributed by atoms with Crippen LogP contribution in [0.2, 0.25) is 0 Å². The Labute approximate surface area is 152 Å². The van der Waals surface area contributed by atoms with Crippen molar-refractivity contribution in [2.75, 3.05) is 10.6 Å². The Bertz CT molecular complexity index is 1120. The summed E-state index contributed by atoms with van der Waals surface area (Å²) in [6, 6.07) is 3.70. The maximum atomic E-state index is 13.7. The molecule has 9 nitrogen and oxygen atoms in total. The average Bonchev–Trinajstić information content (AvgIpc) is 3.02. The van der Waals surface area contributed by atoms with Crippen LogP contribution in [-0.4, -0.2) is 31.1 Å². The van der Waals surface area contributed by atoms with Gasteiger partial charge in [0.1, 0.15) is 24.1 Å². The lowest BCUT2D eigenvalue weighted by Gasteiger charge is -2.10. The molecule has 0 aliphatic rings. The number of halogens is 1. The lowest BCUT2D eigenvalue weighted by Crippen LogP contribution is -2.27. The molecule has 0 radical (unpaired) electrons. The summed E-state index contributed by atoms with van der Waals surface area (Å²) in [7, 11) is 1.66. The molecule has 0 saturated heterocycles. The molecule has 0 aliphatic carbocycles. The number of nitrogens with one attached hydrogen (secondary N) is 2. The van der Waals surface area contributed by atoms with Crippen molar-refractivity contribution < 1.29 is 14.0 Å². The molecule has 2 N–H and O–H groups in total. The smallest absolute Gasteiger partial charge is 0.264 e. The van der Waals surface area contributed by atoms with Gasteiger partial charge in [0.05, 0.1) is 11.9 Å². The highest BCUT2D eigenvalue weighted by molar-refractivity contribution is 5.99. The maximum absolute atomic E-state index is 13.7. The van der Waals surface area contributed by atoms with Crippen molar-refractivity contribution >= 4 is 34.2 Å². The number of nitrogens with zero attached hydrogens (tertiary/aromatic N) is 4. The second-order valence-corrected chi connectivity index (χ2v) is 5.62. The first kappa shape index (κ1) is 18.0. The van der Waals surface area contributed by atoms with Gasteiger partial charge >= 0.3 is 0 Å². The third-order valence-corrected chi connectivity index (χ3v) is 3.73. The lowest BCUT2D eigenvalue weighted by atomic mass is 10.2. The van der Waals surface area contributed by atoms with Crippen LogP contribution in [0, 0.1) is 5.82 Å². The third-order valence-electron chi connectivity index (χ3n) is 3.73. The van der Waals surface area contributed by atoms with Crippen molar-refractivity contribution in [2.24, 2.45) is 7.05 Å². The fraction of sp³-hybridized carbons (Fsp3) is 0.118. The first-order chi connectivity index (χ1) is 12.9. The van der Waals surface area contributed by atoms with E-state index in [0.29, 0.717) is 11.0 Å². The average molecular weight is 370 g/mol. The Morgan fingerprint density at radius 3 is 2.85 bits per heavy atom. The van der Waals surface area contributed by atoms with Crippen LogP contribution in [0.1, 0.15) is 0 Å². The van der Waals surface area contributed by atoms with Gasteiger partial charge in [0.25, 0.3) is 5.56 Å². The predicted octanol–water partition coefficient (Wildman–Crippen LogP) is 1.03. The van der Waals surface area contributed by atoms with Gasteiger partial charge in [-0.05, 0) is 24.3 Å². The largest absolute Gasteiger partial charge is 0.324 e. The number of aromatic nitrogens is 4. The minimum absolute atomic E-state index is 0.103. The molecule has 3 rings (SSSR count). The van der Waals surface area contributed by atoms with Crippen molar-refractivity contribution in [3.8, 4) is 0 Å². The molecule has 0 saturated carbocycles. The van der Waals surface area contributed by atoms with E-state index in [4.69, 9.17) is 0 Å². The van der Waals surface area contributed by atoms with Crippen LogP contribution in [-0.2, 0) is 23.2 Å². The van der Waals surface area contributed by atoms with Gasteiger partial charge in [-0.2, -0.15) is 5.10 Å². The maximum Gasteiger partial charge on any atom is 0.264 e. The van der Waals surface area contributed by atoms with Crippen molar-refractivity contribution in [3.05, 3.63) is 59.5 Å². The molecular formula is C17H15FN6O3. The molecule has 0 atom stereocenters. The second kappa shape index (κ2) is 7.20. The summed E-state index contributed by atoms with van der Waals surface area (Å²) in [5, 5.41) is 9.09. The fourth-order valence-electron chi connectivity index (χ4n) is 2.42. The minimum atomic E-state index is -0.661. The molecule has 2 heterocycles. The van der Waals surface area contributed by atoms with Gasteiger partial charge in [-0.3, -0.25) is 23.6 Å². The van der Waals surface area contributed by atoms with Crippen LogP contribution in [0.3, 0.4) is 0 Å². The summed E-state index contributed by atoms with van der Waals surface area (Å²) < 4.78 is 16.3. The predicted molar refractivity (Wildman–Crippen MR) is 96.6 cm³/mol. The SMILES string of the molecule is C=CC(=O)Nc1cc(NC(=O)Cn2cnc3c(cnn3C)c2=O)ccc1F. The Kier molecular flexibility index (Phi) is 4.79. The molecule has 10 heteroatoms. The van der Waals surface area contributed by atoms with Crippen LogP contribution in [0.25, 0.3) is 11.0 Å². The van der Waals surface area contributed by atoms with E-state index >= 15 is 0 Å². The molecule has 0 fully saturated rings. The molecule has 0 aliphatic heterocycles. The number of hydrogen-bond donors (Lipinski definition) is 2. The number of benzene rings is 1. The van der Waals surface area contributed by atoms with Gasteiger partial charge in [0, 0.05) is 12.7 Å². The lowest BCUT2D eigenvalue weighted by molar-refractivity contribution is -0.116. The van der Waals surface area contributed by atoms with Crippen molar-refractivity contribution in [3.63, 3.8) is 0 Å². The molecule has 27 heavy (non-hydrogen) atoms. The number of hydrogen-bond acceptors (Lipinski definition) is 5. The monoisotopic (exact) mass is 370 g/mol. The number of amides is 2. The van der Waals surface area contributed by atoms with E-state index in [1.165, 1.54) is 29.3 Å². The topological polar surface area (TPSA) is 111 Å². The number of aryl methyl sites for hydroxylation is 1. The molecule has 2 aromatic heterocycles. The molecule has 0 bridgehead atoms. The van der Waals surface area contributed by atoms with E-state index in [-0.39, 0.29) is 17.9 Å². The number of anilines is 2. The van der Waals surface area contributed by atoms with Gasteiger partial charge in [0.2, 0.25) is 11.8 Å². The van der Waals surface area contributed by atoms with Crippen molar-refractivity contribution in [1.82, 2.24) is 19.3 Å². The normalized spacial score (nSPS) is 10.6. The molecular weight excluding hydrogens is 355 g/mol.